The molecule has 0 fully saturated rings. The molecule has 42 heavy (non-hydrogen) atoms. The van der Waals surface area contributed by atoms with Crippen LogP contribution in [-0.4, -0.2) is 36.3 Å². The summed E-state index contributed by atoms with van der Waals surface area (Å²) in [6, 6.07) is 21.7. The monoisotopic (exact) mass is 571 g/mol. The average molecular weight is 572 g/mol. The van der Waals surface area contributed by atoms with Crippen LogP contribution in [0.1, 0.15) is 16.7 Å². The number of fused-ring (bicyclic) bond motifs is 1. The molecule has 1 aliphatic rings. The molecule has 7 rings (SSSR count). The maximum Gasteiger partial charge on any atom is 0.116 e. The second kappa shape index (κ2) is 10.1. The highest BCUT2D eigenvalue weighted by atomic mass is 32.2. The first-order valence-electron chi connectivity index (χ1n) is 14.2. The van der Waals surface area contributed by atoms with E-state index in [0.29, 0.717) is 6.54 Å². The van der Waals surface area contributed by atoms with E-state index in [2.05, 4.69) is 95.1 Å². The number of aromatic nitrogens is 4. The third-order valence-corrected chi connectivity index (χ3v) is 9.56. The van der Waals surface area contributed by atoms with Gasteiger partial charge in [0.2, 0.25) is 0 Å². The van der Waals surface area contributed by atoms with E-state index in [1.54, 1.807) is 6.26 Å². The van der Waals surface area contributed by atoms with Gasteiger partial charge in [0.1, 0.15) is 11.0 Å². The normalized spacial score (nSPS) is 13.7. The Morgan fingerprint density at radius 3 is 2.52 bits per heavy atom. The number of aryl methyl sites for hydroxylation is 2. The maximum atomic E-state index is 13.0. The summed E-state index contributed by atoms with van der Waals surface area (Å²) in [7, 11) is 0.820. The number of nitrogens with zero attached hydrogens (tertiary/aromatic N) is 5. The van der Waals surface area contributed by atoms with E-state index >= 15 is 0 Å². The summed E-state index contributed by atoms with van der Waals surface area (Å²) in [5, 5.41) is 6.67. The molecule has 3 aromatic heterocycles. The smallest absolute Gasteiger partial charge is 0.116 e. The summed E-state index contributed by atoms with van der Waals surface area (Å²) in [5.41, 5.74) is 13.6. The van der Waals surface area contributed by atoms with E-state index in [1.165, 1.54) is 33.2 Å². The SMILES string of the molecule is C=CCc1c(C)c2c3c(cc(-c4ccnc(-c5ccc6c(cnn6C)c5)c4)n3CCN2S(C)=O)c1-c1ccc(C)cc1. The van der Waals surface area contributed by atoms with Crippen LogP contribution >= 0.6 is 0 Å². The van der Waals surface area contributed by atoms with E-state index in [-0.39, 0.29) is 0 Å². The van der Waals surface area contributed by atoms with Gasteiger partial charge in [-0.15, -0.1) is 6.58 Å². The Morgan fingerprint density at radius 2 is 1.76 bits per heavy atom. The van der Waals surface area contributed by atoms with Crippen LogP contribution < -0.4 is 4.31 Å². The van der Waals surface area contributed by atoms with E-state index in [4.69, 9.17) is 4.98 Å². The summed E-state index contributed by atoms with van der Waals surface area (Å²) < 4.78 is 19.4. The third kappa shape index (κ3) is 4.10. The number of hydrogen-bond acceptors (Lipinski definition) is 3. The second-order valence-corrected chi connectivity index (χ2v) is 12.4. The van der Waals surface area contributed by atoms with Crippen molar-refractivity contribution in [3.8, 4) is 33.6 Å². The van der Waals surface area contributed by atoms with Crippen molar-refractivity contribution in [3.63, 3.8) is 0 Å². The lowest BCUT2D eigenvalue weighted by molar-refractivity contribution is 0.669. The average Bonchev–Trinajstić information content (AvgIpc) is 3.57. The zero-order chi connectivity index (χ0) is 29.1. The molecule has 1 aliphatic heterocycles. The topological polar surface area (TPSA) is 56.0 Å². The standard InChI is InChI=1S/C35H33N5OS/c1-6-7-28-23(3)34-35-29(33(28)24-10-8-22(2)9-11-24)20-32(39(35)16-17-40(34)42(5)41)26-14-15-36-30(19-26)25-12-13-31-27(18-25)21-37-38(31)4/h6,8-15,18-21H,1,7,16-17H2,2-5H3. The number of hydrogen-bond donors (Lipinski definition) is 0. The first-order valence-corrected chi connectivity index (χ1v) is 15.7. The summed E-state index contributed by atoms with van der Waals surface area (Å²) in [6.07, 6.45) is 8.28. The minimum absolute atomic E-state index is 0.681. The minimum atomic E-state index is -1.14. The fourth-order valence-corrected chi connectivity index (χ4v) is 7.34. The van der Waals surface area contributed by atoms with Crippen molar-refractivity contribution in [2.24, 2.45) is 7.05 Å². The van der Waals surface area contributed by atoms with Crippen LogP contribution in [-0.2, 0) is 31.0 Å². The molecule has 1 atom stereocenters. The van der Waals surface area contributed by atoms with Crippen LogP contribution in [0.25, 0.3) is 55.4 Å². The van der Waals surface area contributed by atoms with Crippen LogP contribution in [0.15, 0.2) is 85.7 Å². The lowest BCUT2D eigenvalue weighted by atomic mass is 9.88. The van der Waals surface area contributed by atoms with E-state index in [9.17, 15) is 4.21 Å². The molecule has 0 spiro atoms. The number of benzene rings is 3. The fourth-order valence-electron chi connectivity index (χ4n) is 6.52. The van der Waals surface area contributed by atoms with E-state index in [1.807, 2.05) is 30.2 Å². The van der Waals surface area contributed by atoms with Gasteiger partial charge in [-0.2, -0.15) is 5.10 Å². The van der Waals surface area contributed by atoms with Crippen molar-refractivity contribution < 1.29 is 4.21 Å². The maximum absolute atomic E-state index is 13.0. The number of anilines is 1. The van der Waals surface area contributed by atoms with Gasteiger partial charge in [0.15, 0.2) is 0 Å². The highest BCUT2D eigenvalue weighted by Crippen LogP contribution is 2.47. The third-order valence-electron chi connectivity index (χ3n) is 8.57. The Hall–Kier alpha value is -4.49. The lowest BCUT2D eigenvalue weighted by Crippen LogP contribution is -2.33. The van der Waals surface area contributed by atoms with E-state index < -0.39 is 11.0 Å². The summed E-state index contributed by atoms with van der Waals surface area (Å²) in [4.78, 5) is 4.75. The molecule has 0 radical (unpaired) electrons. The molecule has 3 aromatic carbocycles. The van der Waals surface area contributed by atoms with Crippen molar-refractivity contribution in [1.82, 2.24) is 19.3 Å². The quantitative estimate of drug-likeness (QED) is 0.196. The molecular formula is C35H33N5OS. The highest BCUT2D eigenvalue weighted by molar-refractivity contribution is 7.85. The first kappa shape index (κ1) is 26.4. The molecule has 6 aromatic rings. The van der Waals surface area contributed by atoms with Gasteiger partial charge >= 0.3 is 0 Å². The molecule has 0 saturated heterocycles. The zero-order valence-electron chi connectivity index (χ0n) is 24.4. The van der Waals surface area contributed by atoms with Gasteiger partial charge < -0.3 is 4.57 Å². The van der Waals surface area contributed by atoms with Crippen LogP contribution in [0.3, 0.4) is 0 Å². The Kier molecular flexibility index (Phi) is 6.35. The number of pyridine rings is 1. The van der Waals surface area contributed by atoms with Crippen LogP contribution in [0.2, 0.25) is 0 Å². The molecule has 0 aliphatic carbocycles. The number of allylic oxidation sites excluding steroid dienone is 1. The molecule has 210 valence electrons. The van der Waals surface area contributed by atoms with Crippen molar-refractivity contribution in [3.05, 3.63) is 102 Å². The molecular weight excluding hydrogens is 538 g/mol. The summed E-state index contributed by atoms with van der Waals surface area (Å²) in [5.74, 6) is 0. The lowest BCUT2D eigenvalue weighted by Gasteiger charge is -2.32. The molecule has 0 bridgehead atoms. The fraction of sp³-hybridized carbons (Fsp3) is 0.200. The van der Waals surface area contributed by atoms with Crippen molar-refractivity contribution >= 4 is 38.5 Å². The van der Waals surface area contributed by atoms with E-state index in [0.717, 1.165) is 57.6 Å². The molecule has 0 amide bonds. The zero-order valence-corrected chi connectivity index (χ0v) is 25.2. The van der Waals surface area contributed by atoms with Gasteiger partial charge in [-0.05, 0) is 72.9 Å². The predicted octanol–water partition coefficient (Wildman–Crippen LogP) is 7.38. The Bertz CT molecular complexity index is 2050. The summed E-state index contributed by atoms with van der Waals surface area (Å²) in [6.45, 7) is 9.81. The van der Waals surface area contributed by atoms with Gasteiger partial charge in [0.05, 0.1) is 28.6 Å². The van der Waals surface area contributed by atoms with Crippen LogP contribution in [0.5, 0.6) is 0 Å². The molecule has 7 heteroatoms. The van der Waals surface area contributed by atoms with Gasteiger partial charge in [-0.1, -0.05) is 42.0 Å². The van der Waals surface area contributed by atoms with Crippen LogP contribution in [0.4, 0.5) is 5.69 Å². The van der Waals surface area contributed by atoms with Gasteiger partial charge in [0.25, 0.3) is 0 Å². The van der Waals surface area contributed by atoms with Gasteiger partial charge in [0, 0.05) is 60.2 Å². The van der Waals surface area contributed by atoms with Crippen molar-refractivity contribution in [2.45, 2.75) is 26.8 Å². The second-order valence-electron chi connectivity index (χ2n) is 11.1. The Labute approximate surface area is 248 Å². The Balaban J connectivity index is 1.49. The molecule has 1 unspecified atom stereocenters. The molecule has 6 nitrogen and oxygen atoms in total. The summed E-state index contributed by atoms with van der Waals surface area (Å²) >= 11 is 0. The molecule has 0 saturated carbocycles. The van der Waals surface area contributed by atoms with Crippen LogP contribution in [0, 0.1) is 13.8 Å². The predicted molar refractivity (Wildman–Crippen MR) is 175 cm³/mol. The number of rotatable bonds is 6. The largest absolute Gasteiger partial charge is 0.337 e. The minimum Gasteiger partial charge on any atom is -0.337 e. The Morgan fingerprint density at radius 1 is 0.976 bits per heavy atom. The van der Waals surface area contributed by atoms with Crippen molar-refractivity contribution in [1.29, 1.82) is 0 Å². The highest BCUT2D eigenvalue weighted by Gasteiger charge is 2.30. The van der Waals surface area contributed by atoms with Crippen molar-refractivity contribution in [2.75, 3.05) is 17.1 Å². The van der Waals surface area contributed by atoms with Gasteiger partial charge in [-0.3, -0.25) is 14.0 Å². The molecule has 4 heterocycles. The van der Waals surface area contributed by atoms with Gasteiger partial charge in [-0.25, -0.2) is 4.21 Å². The first-order chi connectivity index (χ1) is 20.4. The molecule has 0 N–H and O–H groups in total.